The molecule has 6 nitrogen and oxygen atoms in total. The van der Waals surface area contributed by atoms with Gasteiger partial charge in [-0.15, -0.1) is 0 Å². The average molecular weight is 498 g/mol. The number of imide groups is 1. The minimum Gasteiger partial charge on any atom is -0.366 e. The minimum absolute atomic E-state index is 0.0804. The summed E-state index contributed by atoms with van der Waals surface area (Å²) in [6.45, 7) is 9.49. The average Bonchev–Trinajstić information content (AvgIpc) is 3.01. The third-order valence-corrected chi connectivity index (χ3v) is 7.45. The highest BCUT2D eigenvalue weighted by Crippen LogP contribution is 2.44. The van der Waals surface area contributed by atoms with Crippen molar-refractivity contribution in [1.29, 1.82) is 0 Å². The lowest BCUT2D eigenvalue weighted by atomic mass is 9.79. The standard InChI is InChI=1S/C26H28ClN3O3S/c1-5-30-21-10-9-17(11-20(21)16(2)14-26(30,3)4)12-22-24(32)29(25(33)34-22)15-23(31)28-19-8-6-7-18(27)13-19/h6-13,16H,5,14-15H2,1-4H3,(H,28,31)/b22-12-/t16-/m0/s1. The number of amides is 3. The van der Waals surface area contributed by atoms with E-state index in [4.69, 9.17) is 11.6 Å². The fraction of sp³-hybridized carbons (Fsp3) is 0.346. The highest BCUT2D eigenvalue weighted by molar-refractivity contribution is 8.18. The highest BCUT2D eigenvalue weighted by Gasteiger charge is 2.37. The van der Waals surface area contributed by atoms with E-state index in [1.54, 1.807) is 30.3 Å². The SMILES string of the molecule is CCN1c2ccc(/C=C3\SC(=O)N(CC(=O)Nc4cccc(Cl)c4)C3=O)cc2[C@@H](C)CC1(C)C. The first-order valence-corrected chi connectivity index (χ1v) is 12.5. The molecule has 0 bridgehead atoms. The van der Waals surface area contributed by atoms with Gasteiger partial charge in [-0.05, 0) is 92.4 Å². The summed E-state index contributed by atoms with van der Waals surface area (Å²) in [6.07, 6.45) is 2.78. The lowest BCUT2D eigenvalue weighted by molar-refractivity contribution is -0.127. The van der Waals surface area contributed by atoms with Crippen molar-refractivity contribution in [1.82, 2.24) is 4.90 Å². The van der Waals surface area contributed by atoms with Crippen LogP contribution in [0.1, 0.15) is 51.2 Å². The zero-order valence-corrected chi connectivity index (χ0v) is 21.3. The van der Waals surface area contributed by atoms with Gasteiger partial charge >= 0.3 is 0 Å². The summed E-state index contributed by atoms with van der Waals surface area (Å²) in [7, 11) is 0. The third kappa shape index (κ3) is 4.86. The molecule has 1 fully saturated rings. The van der Waals surface area contributed by atoms with Crippen LogP contribution < -0.4 is 10.2 Å². The number of rotatable bonds is 5. The Labute approximate surface area is 209 Å². The van der Waals surface area contributed by atoms with E-state index in [0.717, 1.165) is 35.2 Å². The van der Waals surface area contributed by atoms with Crippen molar-refractivity contribution in [3.63, 3.8) is 0 Å². The van der Waals surface area contributed by atoms with E-state index in [9.17, 15) is 14.4 Å². The van der Waals surface area contributed by atoms with E-state index in [1.807, 2.05) is 6.07 Å². The van der Waals surface area contributed by atoms with Gasteiger partial charge in [-0.3, -0.25) is 19.3 Å². The Kier molecular flexibility index (Phi) is 6.78. The van der Waals surface area contributed by atoms with Gasteiger partial charge in [0.15, 0.2) is 0 Å². The Balaban J connectivity index is 1.51. The summed E-state index contributed by atoms with van der Waals surface area (Å²) >= 11 is 6.80. The Bertz CT molecular complexity index is 1190. The van der Waals surface area contributed by atoms with Gasteiger partial charge < -0.3 is 10.2 Å². The maximum atomic E-state index is 12.9. The van der Waals surface area contributed by atoms with E-state index in [1.165, 1.54) is 11.3 Å². The molecule has 8 heteroatoms. The fourth-order valence-electron chi connectivity index (χ4n) is 4.90. The molecule has 34 heavy (non-hydrogen) atoms. The smallest absolute Gasteiger partial charge is 0.294 e. The van der Waals surface area contributed by atoms with Gasteiger partial charge in [0.05, 0.1) is 4.91 Å². The summed E-state index contributed by atoms with van der Waals surface area (Å²) < 4.78 is 0. The van der Waals surface area contributed by atoms with Gasteiger partial charge in [0.1, 0.15) is 6.54 Å². The predicted octanol–water partition coefficient (Wildman–Crippen LogP) is 6.13. The molecule has 1 N–H and O–H groups in total. The molecular formula is C26H28ClN3O3S. The molecule has 2 aromatic rings. The number of halogens is 1. The van der Waals surface area contributed by atoms with Crippen LogP contribution in [0.3, 0.4) is 0 Å². The van der Waals surface area contributed by atoms with Crippen LogP contribution in [0.5, 0.6) is 0 Å². The fourth-order valence-corrected chi connectivity index (χ4v) is 5.92. The number of anilines is 2. The summed E-state index contributed by atoms with van der Waals surface area (Å²) in [5.74, 6) is -0.541. The van der Waals surface area contributed by atoms with Crippen LogP contribution in [0.25, 0.3) is 6.08 Å². The summed E-state index contributed by atoms with van der Waals surface area (Å²) in [5.41, 5.74) is 3.92. The first kappa shape index (κ1) is 24.4. The number of thioether (sulfide) groups is 1. The molecule has 0 unspecified atom stereocenters. The maximum absolute atomic E-state index is 12.9. The Hall–Kier alpha value is -2.77. The van der Waals surface area contributed by atoms with Crippen molar-refractivity contribution < 1.29 is 14.4 Å². The normalized spacial score (nSPS) is 20.6. The lowest BCUT2D eigenvalue weighted by Crippen LogP contribution is -2.48. The van der Waals surface area contributed by atoms with E-state index >= 15 is 0 Å². The lowest BCUT2D eigenvalue weighted by Gasteiger charge is -2.47. The van der Waals surface area contributed by atoms with E-state index in [0.29, 0.717) is 21.5 Å². The van der Waals surface area contributed by atoms with Crippen LogP contribution in [-0.2, 0) is 9.59 Å². The molecule has 0 saturated carbocycles. The zero-order valence-electron chi connectivity index (χ0n) is 19.7. The van der Waals surface area contributed by atoms with Crippen LogP contribution >= 0.6 is 23.4 Å². The second-order valence-electron chi connectivity index (χ2n) is 9.31. The number of hydrogen-bond acceptors (Lipinski definition) is 5. The van der Waals surface area contributed by atoms with Gasteiger partial charge in [-0.2, -0.15) is 0 Å². The van der Waals surface area contributed by atoms with Crippen molar-refractivity contribution in [3.05, 3.63) is 63.5 Å². The van der Waals surface area contributed by atoms with Gasteiger partial charge in [-0.25, -0.2) is 0 Å². The number of carbonyl (C=O) groups excluding carboxylic acids is 3. The summed E-state index contributed by atoms with van der Waals surface area (Å²) in [4.78, 5) is 41.5. The molecule has 1 saturated heterocycles. The molecule has 178 valence electrons. The van der Waals surface area contributed by atoms with Gasteiger partial charge in [0.25, 0.3) is 11.1 Å². The Morgan fingerprint density at radius 2 is 2.00 bits per heavy atom. The second-order valence-corrected chi connectivity index (χ2v) is 10.7. The number of carbonyl (C=O) groups is 3. The number of benzene rings is 2. The topological polar surface area (TPSA) is 69.7 Å². The van der Waals surface area contributed by atoms with Gasteiger partial charge in [0.2, 0.25) is 5.91 Å². The monoisotopic (exact) mass is 497 g/mol. The number of nitrogens with one attached hydrogen (secondary N) is 1. The molecule has 2 aromatic carbocycles. The minimum atomic E-state index is -0.462. The van der Waals surface area contributed by atoms with Gasteiger partial charge in [-0.1, -0.05) is 30.7 Å². The number of hydrogen-bond donors (Lipinski definition) is 1. The number of nitrogens with zero attached hydrogens (tertiary/aromatic N) is 2. The molecule has 0 spiro atoms. The second kappa shape index (κ2) is 9.47. The van der Waals surface area contributed by atoms with Crippen molar-refractivity contribution in [2.75, 3.05) is 23.3 Å². The number of fused-ring (bicyclic) bond motifs is 1. The van der Waals surface area contributed by atoms with E-state index < -0.39 is 17.1 Å². The van der Waals surface area contributed by atoms with Crippen LogP contribution in [0.15, 0.2) is 47.4 Å². The predicted molar refractivity (Wildman–Crippen MR) is 139 cm³/mol. The zero-order chi connectivity index (χ0) is 24.6. The Morgan fingerprint density at radius 1 is 1.24 bits per heavy atom. The molecule has 0 radical (unpaired) electrons. The quantitative estimate of drug-likeness (QED) is 0.503. The van der Waals surface area contributed by atoms with Crippen molar-refractivity contribution in [2.24, 2.45) is 0 Å². The van der Waals surface area contributed by atoms with Crippen LogP contribution in [0.2, 0.25) is 5.02 Å². The largest absolute Gasteiger partial charge is 0.366 e. The van der Waals surface area contributed by atoms with E-state index in [-0.39, 0.29) is 12.1 Å². The first-order chi connectivity index (χ1) is 16.1. The molecule has 0 aromatic heterocycles. The summed E-state index contributed by atoms with van der Waals surface area (Å²) in [5, 5.41) is 2.70. The molecule has 0 aliphatic carbocycles. The molecule has 2 aliphatic heterocycles. The highest BCUT2D eigenvalue weighted by atomic mass is 35.5. The van der Waals surface area contributed by atoms with Crippen LogP contribution in [0.4, 0.5) is 16.2 Å². The first-order valence-electron chi connectivity index (χ1n) is 11.3. The van der Waals surface area contributed by atoms with Crippen molar-refractivity contribution in [2.45, 2.75) is 45.6 Å². The summed E-state index contributed by atoms with van der Waals surface area (Å²) in [6, 6.07) is 12.9. The van der Waals surface area contributed by atoms with Crippen LogP contribution in [0, 0.1) is 0 Å². The van der Waals surface area contributed by atoms with Crippen LogP contribution in [-0.4, -0.2) is 40.6 Å². The molecule has 1 atom stereocenters. The van der Waals surface area contributed by atoms with E-state index in [2.05, 4.69) is 50.0 Å². The van der Waals surface area contributed by atoms with Gasteiger partial charge in [0, 0.05) is 28.5 Å². The third-order valence-electron chi connectivity index (χ3n) is 6.31. The Morgan fingerprint density at radius 3 is 2.71 bits per heavy atom. The molecule has 4 rings (SSSR count). The van der Waals surface area contributed by atoms with Crippen molar-refractivity contribution in [3.8, 4) is 0 Å². The molecule has 3 amide bonds. The molecular weight excluding hydrogens is 470 g/mol. The molecule has 2 heterocycles. The maximum Gasteiger partial charge on any atom is 0.294 e. The molecule has 2 aliphatic rings. The van der Waals surface area contributed by atoms with Crippen molar-refractivity contribution >= 4 is 57.9 Å².